The van der Waals surface area contributed by atoms with E-state index in [1.54, 1.807) is 20.3 Å². The van der Waals surface area contributed by atoms with E-state index in [0.717, 1.165) is 44.6 Å². The molecule has 0 aromatic carbocycles. The molecule has 0 spiro atoms. The first kappa shape index (κ1) is 19.0. The van der Waals surface area contributed by atoms with E-state index in [1.807, 2.05) is 6.07 Å². The third-order valence-electron chi connectivity index (χ3n) is 5.54. The van der Waals surface area contributed by atoms with Crippen LogP contribution in [0.25, 0.3) is 0 Å². The average molecular weight is 362 g/mol. The van der Waals surface area contributed by atoms with Crippen LogP contribution >= 0.6 is 0 Å². The number of carbonyl (C=O) groups excluding carboxylic acids is 1. The molecule has 3 rings (SSSR count). The molecule has 1 saturated carbocycles. The molecule has 1 amide bonds. The lowest BCUT2D eigenvalue weighted by Crippen LogP contribution is -2.39. The van der Waals surface area contributed by atoms with Gasteiger partial charge in [0.2, 0.25) is 0 Å². The fourth-order valence-electron chi connectivity index (χ4n) is 4.00. The monoisotopic (exact) mass is 362 g/mol. The number of nitrogens with zero attached hydrogens (tertiary/aromatic N) is 3. The molecule has 144 valence electrons. The van der Waals surface area contributed by atoms with Crippen molar-refractivity contribution in [2.45, 2.75) is 57.3 Å². The van der Waals surface area contributed by atoms with Gasteiger partial charge in [-0.1, -0.05) is 19.3 Å². The van der Waals surface area contributed by atoms with Gasteiger partial charge in [0.05, 0.1) is 0 Å². The third kappa shape index (κ3) is 4.71. The van der Waals surface area contributed by atoms with Crippen LogP contribution in [0.2, 0.25) is 0 Å². The summed E-state index contributed by atoms with van der Waals surface area (Å²) >= 11 is 0. The van der Waals surface area contributed by atoms with Crippen LogP contribution in [-0.2, 0) is 9.47 Å². The van der Waals surface area contributed by atoms with Gasteiger partial charge in [-0.25, -0.2) is 0 Å². The van der Waals surface area contributed by atoms with Crippen molar-refractivity contribution in [1.82, 2.24) is 15.5 Å². The Morgan fingerprint density at radius 1 is 1.08 bits per heavy atom. The number of rotatable bonds is 6. The molecule has 0 radical (unpaired) electrons. The van der Waals surface area contributed by atoms with E-state index >= 15 is 0 Å². The van der Waals surface area contributed by atoms with Crippen LogP contribution in [0.5, 0.6) is 0 Å². The topological polar surface area (TPSA) is 76.6 Å². The summed E-state index contributed by atoms with van der Waals surface area (Å²) < 4.78 is 10.7. The van der Waals surface area contributed by atoms with Gasteiger partial charge < -0.3 is 19.7 Å². The lowest BCUT2D eigenvalue weighted by atomic mass is 9.95. The molecule has 2 heterocycles. The van der Waals surface area contributed by atoms with Crippen molar-refractivity contribution in [3.05, 3.63) is 17.8 Å². The molecule has 1 N–H and O–H groups in total. The zero-order valence-corrected chi connectivity index (χ0v) is 15.8. The maximum atomic E-state index is 12.3. The Kier molecular flexibility index (Phi) is 6.80. The lowest BCUT2D eigenvalue weighted by Gasteiger charge is -2.35. The number of methoxy groups -OCH3 is 2. The van der Waals surface area contributed by atoms with Gasteiger partial charge in [0, 0.05) is 39.3 Å². The van der Waals surface area contributed by atoms with Crippen LogP contribution in [0.15, 0.2) is 12.1 Å². The smallest absolute Gasteiger partial charge is 0.272 e. The minimum atomic E-state index is -0.144. The highest BCUT2D eigenvalue weighted by Crippen LogP contribution is 2.25. The summed E-state index contributed by atoms with van der Waals surface area (Å²) in [5.74, 6) is 1.11. The van der Waals surface area contributed by atoms with E-state index in [2.05, 4.69) is 20.4 Å². The van der Waals surface area contributed by atoms with Crippen molar-refractivity contribution in [1.29, 1.82) is 0 Å². The molecule has 1 saturated heterocycles. The lowest BCUT2D eigenvalue weighted by molar-refractivity contribution is -0.141. The number of ether oxygens (including phenoxy) is 2. The molecular weight excluding hydrogens is 332 g/mol. The molecule has 7 heteroatoms. The molecular formula is C19H30N4O3. The number of hydrogen-bond acceptors (Lipinski definition) is 6. The summed E-state index contributed by atoms with van der Waals surface area (Å²) in [4.78, 5) is 14.5. The Hall–Kier alpha value is -1.73. The minimum absolute atomic E-state index is 0.113. The Morgan fingerprint density at radius 2 is 1.77 bits per heavy atom. The van der Waals surface area contributed by atoms with Crippen molar-refractivity contribution in [3.8, 4) is 0 Å². The fourth-order valence-corrected chi connectivity index (χ4v) is 4.00. The number of nitrogens with one attached hydrogen (secondary N) is 1. The molecule has 1 aromatic heterocycles. The van der Waals surface area contributed by atoms with Crippen LogP contribution in [0.4, 0.5) is 5.82 Å². The SMILES string of the molecule is COC(OC)C1CCN(c2ccc(C(=O)NC3CCCCC3)nn2)CC1. The van der Waals surface area contributed by atoms with E-state index in [-0.39, 0.29) is 18.2 Å². The van der Waals surface area contributed by atoms with Crippen LogP contribution in [-0.4, -0.2) is 55.7 Å². The second-order valence-electron chi connectivity index (χ2n) is 7.25. The summed E-state index contributed by atoms with van der Waals surface area (Å²) in [5, 5.41) is 11.5. The molecule has 0 bridgehead atoms. The standard InChI is InChI=1S/C19H30N4O3/c1-25-19(26-2)14-10-12-23(13-11-14)17-9-8-16(21-22-17)18(24)20-15-6-4-3-5-7-15/h8-9,14-15,19H,3-7,10-13H2,1-2H3,(H,20,24). The van der Waals surface area contributed by atoms with Gasteiger partial charge in [0.15, 0.2) is 17.8 Å². The van der Waals surface area contributed by atoms with Crippen molar-refractivity contribution in [3.63, 3.8) is 0 Å². The first-order valence-corrected chi connectivity index (χ1v) is 9.66. The largest absolute Gasteiger partial charge is 0.356 e. The van der Waals surface area contributed by atoms with Crippen molar-refractivity contribution in [2.24, 2.45) is 5.92 Å². The number of carbonyl (C=O) groups is 1. The highest BCUT2D eigenvalue weighted by atomic mass is 16.7. The second-order valence-corrected chi connectivity index (χ2v) is 7.25. The van der Waals surface area contributed by atoms with Crippen LogP contribution < -0.4 is 10.2 Å². The van der Waals surface area contributed by atoms with E-state index in [9.17, 15) is 4.79 Å². The Balaban J connectivity index is 1.52. The molecule has 1 aromatic rings. The third-order valence-corrected chi connectivity index (χ3v) is 5.54. The van der Waals surface area contributed by atoms with Gasteiger partial charge in [-0.05, 0) is 37.8 Å². The summed E-state index contributed by atoms with van der Waals surface area (Å²) in [7, 11) is 3.37. The first-order valence-electron chi connectivity index (χ1n) is 9.66. The van der Waals surface area contributed by atoms with Gasteiger partial charge in [-0.2, -0.15) is 0 Å². The van der Waals surface area contributed by atoms with Crippen LogP contribution in [0.1, 0.15) is 55.4 Å². The Bertz CT molecular complexity index is 563. The fraction of sp³-hybridized carbons (Fsp3) is 0.737. The normalized spacial score (nSPS) is 19.7. The molecule has 0 atom stereocenters. The number of anilines is 1. The summed E-state index contributed by atoms with van der Waals surface area (Å²) in [5.41, 5.74) is 0.396. The second kappa shape index (κ2) is 9.28. The summed E-state index contributed by atoms with van der Waals surface area (Å²) in [6.07, 6.45) is 7.61. The summed E-state index contributed by atoms with van der Waals surface area (Å²) in [6.45, 7) is 1.77. The molecule has 0 unspecified atom stereocenters. The zero-order valence-electron chi connectivity index (χ0n) is 15.8. The molecule has 2 aliphatic rings. The maximum Gasteiger partial charge on any atom is 0.272 e. The van der Waals surface area contributed by atoms with E-state index < -0.39 is 0 Å². The van der Waals surface area contributed by atoms with E-state index in [1.165, 1.54) is 19.3 Å². The van der Waals surface area contributed by atoms with Gasteiger partial charge in [-0.3, -0.25) is 4.79 Å². The van der Waals surface area contributed by atoms with Gasteiger partial charge in [0.25, 0.3) is 5.91 Å². The van der Waals surface area contributed by atoms with E-state index in [0.29, 0.717) is 11.6 Å². The molecule has 7 nitrogen and oxygen atoms in total. The Labute approximate surface area is 155 Å². The number of amides is 1. The summed E-state index contributed by atoms with van der Waals surface area (Å²) in [6, 6.07) is 3.96. The average Bonchev–Trinajstić information content (AvgIpc) is 2.70. The van der Waals surface area contributed by atoms with Crippen molar-refractivity contribution < 1.29 is 14.3 Å². The molecule has 1 aliphatic heterocycles. The van der Waals surface area contributed by atoms with Crippen LogP contribution in [0, 0.1) is 5.92 Å². The first-order chi connectivity index (χ1) is 12.7. The quantitative estimate of drug-likeness (QED) is 0.783. The number of piperidine rings is 1. The molecule has 26 heavy (non-hydrogen) atoms. The highest BCUT2D eigenvalue weighted by Gasteiger charge is 2.27. The van der Waals surface area contributed by atoms with Gasteiger partial charge in [-0.15, -0.1) is 10.2 Å². The molecule has 1 aliphatic carbocycles. The van der Waals surface area contributed by atoms with Crippen molar-refractivity contribution >= 4 is 11.7 Å². The van der Waals surface area contributed by atoms with Crippen LogP contribution in [0.3, 0.4) is 0 Å². The van der Waals surface area contributed by atoms with Gasteiger partial charge >= 0.3 is 0 Å². The number of hydrogen-bond donors (Lipinski definition) is 1. The minimum Gasteiger partial charge on any atom is -0.356 e. The molecule has 2 fully saturated rings. The Morgan fingerprint density at radius 3 is 2.35 bits per heavy atom. The number of aromatic nitrogens is 2. The highest BCUT2D eigenvalue weighted by molar-refractivity contribution is 5.92. The predicted molar refractivity (Wildman–Crippen MR) is 99.1 cm³/mol. The zero-order chi connectivity index (χ0) is 18.4. The van der Waals surface area contributed by atoms with Gasteiger partial charge in [0.1, 0.15) is 0 Å². The maximum absolute atomic E-state index is 12.3. The predicted octanol–water partition coefficient (Wildman–Crippen LogP) is 2.37. The van der Waals surface area contributed by atoms with Crippen molar-refractivity contribution in [2.75, 3.05) is 32.2 Å². The van der Waals surface area contributed by atoms with E-state index in [4.69, 9.17) is 9.47 Å².